The Balaban J connectivity index is 3.30. The van der Waals surface area contributed by atoms with E-state index in [1.807, 2.05) is 0 Å². The fraction of sp³-hybridized carbons (Fsp3) is 1.00. The zero-order valence-corrected chi connectivity index (χ0v) is 12.8. The second-order valence-corrected chi connectivity index (χ2v) is 5.67. The molecule has 0 radical (unpaired) electrons. The lowest BCUT2D eigenvalue weighted by Crippen LogP contribution is -2.27. The molecule has 0 aliphatic carbocycles. The highest BCUT2D eigenvalue weighted by Crippen LogP contribution is 2.14. The molecule has 0 bridgehead atoms. The van der Waals surface area contributed by atoms with Crippen LogP contribution in [0.5, 0.6) is 0 Å². The molecule has 0 saturated carbocycles. The highest BCUT2D eigenvalue weighted by Gasteiger charge is 2.08. The molecule has 0 aromatic rings. The molecule has 0 N–H and O–H groups in total. The minimum atomic E-state index is 0.820. The van der Waals surface area contributed by atoms with Crippen molar-refractivity contribution in [3.63, 3.8) is 0 Å². The number of rotatable bonds is 12. The van der Waals surface area contributed by atoms with Crippen LogP contribution < -0.4 is 0 Å². The van der Waals surface area contributed by atoms with E-state index in [1.165, 1.54) is 70.6 Å². The van der Waals surface area contributed by atoms with Gasteiger partial charge in [0, 0.05) is 6.04 Å². The maximum atomic E-state index is 2.41. The van der Waals surface area contributed by atoms with E-state index in [0.717, 1.165) is 6.04 Å². The van der Waals surface area contributed by atoms with E-state index in [1.54, 1.807) is 0 Å². The van der Waals surface area contributed by atoms with E-state index in [-0.39, 0.29) is 0 Å². The van der Waals surface area contributed by atoms with Gasteiger partial charge in [0.15, 0.2) is 0 Å². The molecule has 104 valence electrons. The van der Waals surface area contributed by atoms with E-state index in [9.17, 15) is 0 Å². The van der Waals surface area contributed by atoms with Crippen LogP contribution in [0.15, 0.2) is 0 Å². The molecule has 1 nitrogen and oxygen atoms in total. The molecule has 0 fully saturated rings. The second kappa shape index (κ2) is 12.4. The van der Waals surface area contributed by atoms with Gasteiger partial charge in [0.25, 0.3) is 0 Å². The Morgan fingerprint density at radius 3 is 1.65 bits per heavy atom. The van der Waals surface area contributed by atoms with Gasteiger partial charge in [-0.05, 0) is 26.9 Å². The van der Waals surface area contributed by atoms with Crippen molar-refractivity contribution >= 4 is 0 Å². The quantitative estimate of drug-likeness (QED) is 0.422. The van der Waals surface area contributed by atoms with Crippen LogP contribution in [0.25, 0.3) is 0 Å². The van der Waals surface area contributed by atoms with Crippen molar-refractivity contribution < 1.29 is 0 Å². The highest BCUT2D eigenvalue weighted by molar-refractivity contribution is 4.65. The van der Waals surface area contributed by atoms with Gasteiger partial charge < -0.3 is 4.90 Å². The number of hydrogen-bond donors (Lipinski definition) is 0. The molecule has 0 heterocycles. The Bertz CT molecular complexity index is 142. The Morgan fingerprint density at radius 1 is 0.647 bits per heavy atom. The average molecular weight is 241 g/mol. The van der Waals surface area contributed by atoms with Crippen LogP contribution in [-0.4, -0.2) is 25.0 Å². The predicted molar refractivity (Wildman–Crippen MR) is 79.6 cm³/mol. The van der Waals surface area contributed by atoms with Crippen molar-refractivity contribution in [1.29, 1.82) is 0 Å². The first-order valence-electron chi connectivity index (χ1n) is 7.88. The zero-order chi connectivity index (χ0) is 12.9. The van der Waals surface area contributed by atoms with E-state index < -0.39 is 0 Å². The van der Waals surface area contributed by atoms with Crippen molar-refractivity contribution in [2.45, 2.75) is 90.5 Å². The molecule has 17 heavy (non-hydrogen) atoms. The summed E-state index contributed by atoms with van der Waals surface area (Å²) < 4.78 is 0. The van der Waals surface area contributed by atoms with E-state index in [2.05, 4.69) is 32.8 Å². The summed E-state index contributed by atoms with van der Waals surface area (Å²) in [7, 11) is 4.45. The molecule has 0 aliphatic rings. The molecule has 1 atom stereocenters. The molecule has 0 rings (SSSR count). The summed E-state index contributed by atoms with van der Waals surface area (Å²) in [5.41, 5.74) is 0. The molecule has 1 unspecified atom stereocenters. The van der Waals surface area contributed by atoms with Crippen LogP contribution in [0.3, 0.4) is 0 Å². The molecular formula is C16H35N. The van der Waals surface area contributed by atoms with Gasteiger partial charge in [-0.3, -0.25) is 0 Å². The van der Waals surface area contributed by atoms with Gasteiger partial charge in [-0.15, -0.1) is 0 Å². The molecule has 1 heteroatoms. The molecule has 0 aromatic heterocycles. The monoisotopic (exact) mass is 241 g/mol. The SMILES string of the molecule is CCCCCCCCCCC(CCC)N(C)C. The highest BCUT2D eigenvalue weighted by atomic mass is 15.1. The summed E-state index contributed by atoms with van der Waals surface area (Å²) in [6.45, 7) is 4.58. The second-order valence-electron chi connectivity index (χ2n) is 5.67. The average Bonchev–Trinajstić information content (AvgIpc) is 2.31. The van der Waals surface area contributed by atoms with Crippen LogP contribution in [0.2, 0.25) is 0 Å². The normalized spacial score (nSPS) is 13.2. The standard InChI is InChI=1S/C16H35N/c1-5-7-8-9-10-11-12-13-15-16(14-6-2)17(3)4/h16H,5-15H2,1-4H3. The van der Waals surface area contributed by atoms with Gasteiger partial charge in [-0.1, -0.05) is 71.6 Å². The lowest BCUT2D eigenvalue weighted by atomic mass is 10.0. The molecule has 0 aromatic carbocycles. The van der Waals surface area contributed by atoms with Crippen LogP contribution in [0, 0.1) is 0 Å². The molecular weight excluding hydrogens is 206 g/mol. The fourth-order valence-electron chi connectivity index (χ4n) is 2.51. The summed E-state index contributed by atoms with van der Waals surface area (Å²) >= 11 is 0. The van der Waals surface area contributed by atoms with Gasteiger partial charge >= 0.3 is 0 Å². The minimum absolute atomic E-state index is 0.820. The van der Waals surface area contributed by atoms with Crippen molar-refractivity contribution in [2.75, 3.05) is 14.1 Å². The minimum Gasteiger partial charge on any atom is -0.306 e. The van der Waals surface area contributed by atoms with Crippen LogP contribution in [0.1, 0.15) is 84.5 Å². The lowest BCUT2D eigenvalue weighted by Gasteiger charge is -2.23. The topological polar surface area (TPSA) is 3.24 Å². The molecule has 0 aliphatic heterocycles. The predicted octanol–water partition coefficient (Wildman–Crippen LogP) is 5.25. The maximum absolute atomic E-state index is 2.41. The first kappa shape index (κ1) is 17.0. The van der Waals surface area contributed by atoms with Crippen LogP contribution in [0.4, 0.5) is 0 Å². The summed E-state index contributed by atoms with van der Waals surface area (Å²) in [6.07, 6.45) is 15.6. The summed E-state index contributed by atoms with van der Waals surface area (Å²) in [5.74, 6) is 0. The first-order chi connectivity index (χ1) is 8.22. The Morgan fingerprint density at radius 2 is 1.18 bits per heavy atom. The summed E-state index contributed by atoms with van der Waals surface area (Å²) in [6, 6.07) is 0.820. The van der Waals surface area contributed by atoms with Gasteiger partial charge in [-0.2, -0.15) is 0 Å². The van der Waals surface area contributed by atoms with Crippen molar-refractivity contribution in [3.05, 3.63) is 0 Å². The third-order valence-corrected chi connectivity index (χ3v) is 3.74. The Kier molecular flexibility index (Phi) is 12.4. The smallest absolute Gasteiger partial charge is 0.00890 e. The number of nitrogens with zero attached hydrogens (tertiary/aromatic N) is 1. The van der Waals surface area contributed by atoms with Gasteiger partial charge in [0.05, 0.1) is 0 Å². The van der Waals surface area contributed by atoms with Crippen LogP contribution in [-0.2, 0) is 0 Å². The third kappa shape index (κ3) is 10.8. The Labute approximate surface area is 110 Å². The summed E-state index contributed by atoms with van der Waals surface area (Å²) in [5, 5.41) is 0. The summed E-state index contributed by atoms with van der Waals surface area (Å²) in [4.78, 5) is 2.41. The third-order valence-electron chi connectivity index (χ3n) is 3.74. The van der Waals surface area contributed by atoms with Crippen LogP contribution >= 0.6 is 0 Å². The van der Waals surface area contributed by atoms with E-state index in [4.69, 9.17) is 0 Å². The molecule has 0 amide bonds. The van der Waals surface area contributed by atoms with Crippen molar-refractivity contribution in [2.24, 2.45) is 0 Å². The Hall–Kier alpha value is -0.0400. The maximum Gasteiger partial charge on any atom is 0.00890 e. The fourth-order valence-corrected chi connectivity index (χ4v) is 2.51. The largest absolute Gasteiger partial charge is 0.306 e. The molecule has 0 saturated heterocycles. The lowest BCUT2D eigenvalue weighted by molar-refractivity contribution is 0.256. The van der Waals surface area contributed by atoms with Crippen molar-refractivity contribution in [1.82, 2.24) is 4.90 Å². The van der Waals surface area contributed by atoms with Crippen molar-refractivity contribution in [3.8, 4) is 0 Å². The van der Waals surface area contributed by atoms with E-state index >= 15 is 0 Å². The molecule has 0 spiro atoms. The van der Waals surface area contributed by atoms with E-state index in [0.29, 0.717) is 0 Å². The number of hydrogen-bond acceptors (Lipinski definition) is 1. The van der Waals surface area contributed by atoms with Gasteiger partial charge in [0.1, 0.15) is 0 Å². The van der Waals surface area contributed by atoms with Gasteiger partial charge in [-0.25, -0.2) is 0 Å². The number of unbranched alkanes of at least 4 members (excludes halogenated alkanes) is 7. The zero-order valence-electron chi connectivity index (χ0n) is 12.8. The van der Waals surface area contributed by atoms with Gasteiger partial charge in [0.2, 0.25) is 0 Å². The first-order valence-corrected chi connectivity index (χ1v) is 7.88.